The van der Waals surface area contributed by atoms with Crippen molar-refractivity contribution in [2.24, 2.45) is 7.05 Å². The van der Waals surface area contributed by atoms with Gasteiger partial charge in [0.2, 0.25) is 0 Å². The van der Waals surface area contributed by atoms with E-state index in [9.17, 15) is 14.5 Å². The van der Waals surface area contributed by atoms with Crippen LogP contribution in [0.5, 0.6) is 5.75 Å². The average molecular weight is 263 g/mol. The van der Waals surface area contributed by atoms with Crippen LogP contribution < -0.4 is 5.56 Å². The van der Waals surface area contributed by atoms with Crippen molar-refractivity contribution in [3.05, 3.63) is 47.3 Å². The van der Waals surface area contributed by atoms with Crippen LogP contribution in [-0.4, -0.2) is 20.0 Å². The van der Waals surface area contributed by atoms with Gasteiger partial charge in [-0.3, -0.25) is 4.79 Å². The molecule has 1 unspecified atom stereocenters. The van der Waals surface area contributed by atoms with Gasteiger partial charge in [-0.25, -0.2) is 0 Å². The number of aromatic nitrogens is 1. The Morgan fingerprint density at radius 1 is 1.50 bits per heavy atom. The van der Waals surface area contributed by atoms with E-state index in [4.69, 9.17) is 0 Å². The van der Waals surface area contributed by atoms with Crippen LogP contribution in [0.4, 0.5) is 0 Å². The number of aromatic hydroxyl groups is 1. The third kappa shape index (κ3) is 1.91. The van der Waals surface area contributed by atoms with Gasteiger partial charge in [-0.2, -0.15) is 0 Å². The lowest BCUT2D eigenvalue weighted by atomic mass is 10.2. The third-order valence-electron chi connectivity index (χ3n) is 2.73. The zero-order chi connectivity index (χ0) is 13.3. The number of hydrogen-bond acceptors (Lipinski definition) is 3. The van der Waals surface area contributed by atoms with E-state index >= 15 is 0 Å². The number of fused-ring (bicyclic) bond motifs is 1. The fraction of sp³-hybridized carbons (Fsp3) is 0.154. The molecule has 1 atom stereocenters. The highest BCUT2D eigenvalue weighted by Crippen LogP contribution is 2.29. The van der Waals surface area contributed by atoms with Crippen molar-refractivity contribution in [3.8, 4) is 5.75 Å². The molecule has 0 saturated heterocycles. The molecule has 0 aliphatic heterocycles. The van der Waals surface area contributed by atoms with E-state index in [1.54, 1.807) is 31.3 Å². The van der Waals surface area contributed by atoms with Crippen LogP contribution in [0, 0.1) is 0 Å². The summed E-state index contributed by atoms with van der Waals surface area (Å²) in [6.45, 7) is 3.49. The Labute approximate surface area is 107 Å². The van der Waals surface area contributed by atoms with Gasteiger partial charge < -0.3 is 14.2 Å². The zero-order valence-electron chi connectivity index (χ0n) is 9.92. The van der Waals surface area contributed by atoms with Crippen LogP contribution in [0.25, 0.3) is 10.9 Å². The van der Waals surface area contributed by atoms with Crippen LogP contribution in [-0.2, 0) is 18.2 Å². The SMILES string of the molecule is C=CC[S+]([O-])c1c(O)c2ccccc2n(C)c1=O. The molecule has 1 heterocycles. The second kappa shape index (κ2) is 4.88. The first-order valence-corrected chi connectivity index (χ1v) is 6.69. The molecule has 0 aliphatic rings. The van der Waals surface area contributed by atoms with Crippen molar-refractivity contribution in [2.45, 2.75) is 4.90 Å². The summed E-state index contributed by atoms with van der Waals surface area (Å²) in [5.74, 6) is -0.0601. The fourth-order valence-electron chi connectivity index (χ4n) is 1.85. The van der Waals surface area contributed by atoms with Crippen molar-refractivity contribution in [1.29, 1.82) is 0 Å². The summed E-state index contributed by atoms with van der Waals surface area (Å²) in [6.07, 6.45) is 1.46. The summed E-state index contributed by atoms with van der Waals surface area (Å²) in [6, 6.07) is 6.96. The lowest BCUT2D eigenvalue weighted by Crippen LogP contribution is -2.25. The molecule has 0 fully saturated rings. The molecule has 2 aromatic rings. The average Bonchev–Trinajstić information content (AvgIpc) is 2.37. The smallest absolute Gasteiger partial charge is 0.310 e. The molecule has 1 aromatic heterocycles. The van der Waals surface area contributed by atoms with Crippen molar-refractivity contribution < 1.29 is 9.66 Å². The van der Waals surface area contributed by atoms with Crippen LogP contribution in [0.1, 0.15) is 0 Å². The fourth-order valence-corrected chi connectivity index (χ4v) is 2.89. The summed E-state index contributed by atoms with van der Waals surface area (Å²) in [5.41, 5.74) is 0.172. The summed E-state index contributed by atoms with van der Waals surface area (Å²) in [4.78, 5) is 12.0. The van der Waals surface area contributed by atoms with E-state index in [2.05, 4.69) is 6.58 Å². The molecule has 0 amide bonds. The number of nitrogens with zero attached hydrogens (tertiary/aromatic N) is 1. The molecule has 5 heteroatoms. The lowest BCUT2D eigenvalue weighted by Gasteiger charge is -2.13. The van der Waals surface area contributed by atoms with Gasteiger partial charge in [-0.1, -0.05) is 18.7 Å². The zero-order valence-corrected chi connectivity index (χ0v) is 10.7. The van der Waals surface area contributed by atoms with Gasteiger partial charge in [-0.15, -0.1) is 0 Å². The molecule has 0 aliphatic carbocycles. The van der Waals surface area contributed by atoms with Gasteiger partial charge in [0.05, 0.1) is 5.52 Å². The Morgan fingerprint density at radius 3 is 2.83 bits per heavy atom. The van der Waals surface area contributed by atoms with Crippen molar-refractivity contribution in [2.75, 3.05) is 5.75 Å². The maximum atomic E-state index is 12.1. The number of pyridine rings is 1. The number of rotatable bonds is 3. The predicted octanol–water partition coefficient (Wildman–Crippen LogP) is 1.54. The number of hydrogen-bond donors (Lipinski definition) is 1. The second-order valence-electron chi connectivity index (χ2n) is 3.86. The van der Waals surface area contributed by atoms with Crippen LogP contribution in [0.3, 0.4) is 0 Å². The van der Waals surface area contributed by atoms with E-state index in [-0.39, 0.29) is 16.4 Å². The Balaban J connectivity index is 2.82. The predicted molar refractivity (Wildman–Crippen MR) is 72.3 cm³/mol. The Kier molecular flexibility index (Phi) is 3.45. The minimum absolute atomic E-state index is 0.0592. The van der Waals surface area contributed by atoms with Crippen molar-refractivity contribution in [3.63, 3.8) is 0 Å². The van der Waals surface area contributed by atoms with Crippen LogP contribution in [0.2, 0.25) is 0 Å². The number of para-hydroxylation sites is 1. The minimum atomic E-state index is -1.57. The first-order chi connectivity index (χ1) is 8.57. The molecule has 0 radical (unpaired) electrons. The molecule has 0 bridgehead atoms. The number of benzene rings is 1. The number of aryl methyl sites for hydroxylation is 1. The maximum absolute atomic E-state index is 12.1. The second-order valence-corrected chi connectivity index (χ2v) is 5.29. The van der Waals surface area contributed by atoms with Crippen molar-refractivity contribution >= 4 is 22.1 Å². The van der Waals surface area contributed by atoms with E-state index in [1.807, 2.05) is 0 Å². The molecular weight excluding hydrogens is 250 g/mol. The quantitative estimate of drug-likeness (QED) is 0.674. The minimum Gasteiger partial charge on any atom is -0.611 e. The molecule has 0 spiro atoms. The molecule has 94 valence electrons. The standard InChI is InChI=1S/C13H13NO3S/c1-3-8-18(17)12-11(15)9-6-4-5-7-10(9)14(2)13(12)16/h3-7,15H,1,8H2,2H3. The Hall–Kier alpha value is -1.72. The lowest BCUT2D eigenvalue weighted by molar-refractivity contribution is 0.461. The molecular formula is C13H13NO3S. The maximum Gasteiger partial charge on any atom is 0.310 e. The summed E-state index contributed by atoms with van der Waals surface area (Å²) in [5, 5.41) is 10.6. The van der Waals surface area contributed by atoms with E-state index in [0.29, 0.717) is 10.9 Å². The van der Waals surface area contributed by atoms with E-state index in [0.717, 1.165) is 0 Å². The van der Waals surface area contributed by atoms with Gasteiger partial charge in [0.15, 0.2) is 5.75 Å². The summed E-state index contributed by atoms with van der Waals surface area (Å²) >= 11 is -1.57. The highest BCUT2D eigenvalue weighted by molar-refractivity contribution is 7.91. The van der Waals surface area contributed by atoms with E-state index in [1.165, 1.54) is 10.6 Å². The van der Waals surface area contributed by atoms with Crippen LogP contribution in [0.15, 0.2) is 46.6 Å². The monoisotopic (exact) mass is 263 g/mol. The normalized spacial score (nSPS) is 12.6. The van der Waals surface area contributed by atoms with Gasteiger partial charge in [0.25, 0.3) is 4.90 Å². The van der Waals surface area contributed by atoms with Gasteiger partial charge in [-0.05, 0) is 29.4 Å². The third-order valence-corrected chi connectivity index (χ3v) is 4.09. The first-order valence-electron chi connectivity index (χ1n) is 5.38. The van der Waals surface area contributed by atoms with Gasteiger partial charge >= 0.3 is 5.56 Å². The molecule has 1 N–H and O–H groups in total. The summed E-state index contributed by atoms with van der Waals surface area (Å²) < 4.78 is 13.3. The first kappa shape index (κ1) is 12.7. The van der Waals surface area contributed by atoms with Crippen LogP contribution >= 0.6 is 0 Å². The summed E-state index contributed by atoms with van der Waals surface area (Å²) in [7, 11) is 1.60. The van der Waals surface area contributed by atoms with Crippen molar-refractivity contribution in [1.82, 2.24) is 4.57 Å². The Bertz CT molecular complexity index is 663. The highest BCUT2D eigenvalue weighted by Gasteiger charge is 2.24. The van der Waals surface area contributed by atoms with E-state index < -0.39 is 16.7 Å². The molecule has 2 rings (SSSR count). The molecule has 4 nitrogen and oxygen atoms in total. The highest BCUT2D eigenvalue weighted by atomic mass is 32.2. The molecule has 18 heavy (non-hydrogen) atoms. The Morgan fingerprint density at radius 2 is 2.17 bits per heavy atom. The molecule has 1 aromatic carbocycles. The van der Waals surface area contributed by atoms with Gasteiger partial charge in [0.1, 0.15) is 5.75 Å². The van der Waals surface area contributed by atoms with Gasteiger partial charge in [0, 0.05) is 12.4 Å². The molecule has 0 saturated carbocycles. The largest absolute Gasteiger partial charge is 0.611 e. The topological polar surface area (TPSA) is 65.3 Å².